The van der Waals surface area contributed by atoms with Gasteiger partial charge in [0, 0.05) is 5.69 Å². The average Bonchev–Trinajstić information content (AvgIpc) is 3.15. The zero-order valence-corrected chi connectivity index (χ0v) is 14.5. The van der Waals surface area contributed by atoms with Crippen LogP contribution in [0, 0.1) is 0 Å². The highest BCUT2D eigenvalue weighted by Gasteiger charge is 2.53. The van der Waals surface area contributed by atoms with Crippen molar-refractivity contribution in [3.8, 4) is 11.1 Å². The molecule has 1 spiro atoms. The Kier molecular flexibility index (Phi) is 2.59. The van der Waals surface area contributed by atoms with Crippen LogP contribution in [0.2, 0.25) is 0 Å². The summed E-state index contributed by atoms with van der Waals surface area (Å²) < 4.78 is 0. The molecule has 0 bridgehead atoms. The molecule has 1 heteroatoms. The zero-order chi connectivity index (χ0) is 17.3. The summed E-state index contributed by atoms with van der Waals surface area (Å²) in [6, 6.07) is 24.2. The van der Waals surface area contributed by atoms with Gasteiger partial charge in [0.05, 0.1) is 5.41 Å². The van der Waals surface area contributed by atoms with E-state index in [1.54, 1.807) is 0 Å². The molecule has 0 fully saturated rings. The van der Waals surface area contributed by atoms with Crippen LogP contribution in [-0.4, -0.2) is 0 Å². The van der Waals surface area contributed by atoms with E-state index in [4.69, 9.17) is 5.73 Å². The Balaban J connectivity index is 1.84. The van der Waals surface area contributed by atoms with Crippen LogP contribution < -0.4 is 5.73 Å². The van der Waals surface area contributed by atoms with Gasteiger partial charge in [0.15, 0.2) is 0 Å². The zero-order valence-electron chi connectivity index (χ0n) is 14.5. The molecule has 3 aliphatic rings. The van der Waals surface area contributed by atoms with E-state index in [0.29, 0.717) is 0 Å². The molecular weight excluding hydrogens is 314 g/mol. The van der Waals surface area contributed by atoms with Crippen molar-refractivity contribution in [3.63, 3.8) is 0 Å². The lowest BCUT2D eigenvalue weighted by atomic mass is 9.69. The van der Waals surface area contributed by atoms with Crippen molar-refractivity contribution in [2.45, 2.75) is 18.3 Å². The van der Waals surface area contributed by atoms with Crippen molar-refractivity contribution in [1.82, 2.24) is 0 Å². The lowest BCUT2D eigenvalue weighted by Gasteiger charge is -2.31. The molecule has 2 N–H and O–H groups in total. The van der Waals surface area contributed by atoms with Crippen molar-refractivity contribution in [3.05, 3.63) is 107 Å². The minimum Gasteiger partial charge on any atom is -0.399 e. The molecule has 0 aromatic heterocycles. The molecule has 3 aromatic carbocycles. The number of fused-ring (bicyclic) bond motifs is 10. The van der Waals surface area contributed by atoms with Gasteiger partial charge in [0.1, 0.15) is 0 Å². The third-order valence-corrected chi connectivity index (χ3v) is 6.25. The summed E-state index contributed by atoms with van der Waals surface area (Å²) in [5.41, 5.74) is 17.9. The van der Waals surface area contributed by atoms with Gasteiger partial charge in [-0.1, -0.05) is 66.7 Å². The van der Waals surface area contributed by atoms with Gasteiger partial charge in [-0.15, -0.1) is 0 Å². The number of nitrogens with two attached hydrogens (primary N) is 1. The Labute approximate surface area is 153 Å². The second kappa shape index (κ2) is 4.76. The van der Waals surface area contributed by atoms with Gasteiger partial charge in [-0.05, 0) is 69.5 Å². The molecule has 0 saturated carbocycles. The first-order chi connectivity index (χ1) is 12.8. The van der Waals surface area contributed by atoms with Crippen molar-refractivity contribution >= 4 is 11.3 Å². The third-order valence-electron chi connectivity index (χ3n) is 6.25. The van der Waals surface area contributed by atoms with Gasteiger partial charge in [-0.3, -0.25) is 0 Å². The summed E-state index contributed by atoms with van der Waals surface area (Å²) in [5.74, 6) is 0. The second-order valence-corrected chi connectivity index (χ2v) is 7.46. The molecule has 0 radical (unpaired) electrons. The molecular formula is C25H19N. The molecule has 0 aliphatic heterocycles. The first kappa shape index (κ1) is 14.1. The van der Waals surface area contributed by atoms with Gasteiger partial charge in [-0.25, -0.2) is 0 Å². The molecule has 0 heterocycles. The summed E-state index contributed by atoms with van der Waals surface area (Å²) in [7, 11) is 0. The third kappa shape index (κ3) is 1.48. The Morgan fingerprint density at radius 1 is 0.654 bits per heavy atom. The number of hydrogen-bond acceptors (Lipinski definition) is 1. The maximum atomic E-state index is 6.27. The van der Waals surface area contributed by atoms with Crippen LogP contribution in [0.4, 0.5) is 5.69 Å². The normalized spacial score (nSPS) is 21.5. The molecule has 26 heavy (non-hydrogen) atoms. The SMILES string of the molecule is Nc1ccc2c(c1)C1(C3=CCCC=C3c3ccccc31)c1ccccc1-2. The molecule has 124 valence electrons. The maximum absolute atomic E-state index is 6.27. The first-order valence-electron chi connectivity index (χ1n) is 9.33. The largest absolute Gasteiger partial charge is 0.399 e. The summed E-state index contributed by atoms with van der Waals surface area (Å²) >= 11 is 0. The van der Waals surface area contributed by atoms with Gasteiger partial charge >= 0.3 is 0 Å². The monoisotopic (exact) mass is 333 g/mol. The Hall–Kier alpha value is -3.06. The molecule has 1 nitrogen and oxygen atoms in total. The van der Waals surface area contributed by atoms with E-state index in [-0.39, 0.29) is 5.41 Å². The average molecular weight is 333 g/mol. The highest BCUT2D eigenvalue weighted by Crippen LogP contribution is 2.64. The van der Waals surface area contributed by atoms with E-state index in [9.17, 15) is 0 Å². The van der Waals surface area contributed by atoms with E-state index in [2.05, 4.69) is 72.8 Å². The summed E-state index contributed by atoms with van der Waals surface area (Å²) in [5, 5.41) is 0. The number of benzene rings is 3. The number of nitrogen functional groups attached to an aromatic ring is 1. The number of allylic oxidation sites excluding steroid dienone is 4. The Morgan fingerprint density at radius 3 is 2.15 bits per heavy atom. The minimum absolute atomic E-state index is 0.218. The Morgan fingerprint density at radius 2 is 1.31 bits per heavy atom. The standard InChI is InChI=1S/C25H19N/c26-16-13-14-20-19-9-3-6-12-23(19)25(24(20)15-16)21-10-4-1-7-17(21)18-8-2-5-11-22(18)25/h1,3-4,6-15H,2,5,26H2. The molecule has 3 aromatic rings. The van der Waals surface area contributed by atoms with Gasteiger partial charge in [0.25, 0.3) is 0 Å². The van der Waals surface area contributed by atoms with Crippen molar-refractivity contribution < 1.29 is 0 Å². The first-order valence-corrected chi connectivity index (χ1v) is 9.33. The van der Waals surface area contributed by atoms with Crippen LogP contribution in [-0.2, 0) is 5.41 Å². The van der Waals surface area contributed by atoms with Crippen LogP contribution in [0.1, 0.15) is 35.1 Å². The summed E-state index contributed by atoms with van der Waals surface area (Å²) in [6.07, 6.45) is 7.11. The molecule has 0 amide bonds. The molecule has 0 saturated heterocycles. The number of rotatable bonds is 0. The molecule has 3 aliphatic carbocycles. The molecule has 6 rings (SSSR count). The summed E-state index contributed by atoms with van der Waals surface area (Å²) in [6.45, 7) is 0. The minimum atomic E-state index is -0.218. The van der Waals surface area contributed by atoms with E-state index < -0.39 is 0 Å². The summed E-state index contributed by atoms with van der Waals surface area (Å²) in [4.78, 5) is 0. The topological polar surface area (TPSA) is 26.0 Å². The lowest BCUT2D eigenvalue weighted by Crippen LogP contribution is -2.26. The fourth-order valence-electron chi connectivity index (χ4n) is 5.35. The van der Waals surface area contributed by atoms with Crippen LogP contribution >= 0.6 is 0 Å². The van der Waals surface area contributed by atoms with Crippen LogP contribution in [0.5, 0.6) is 0 Å². The highest BCUT2D eigenvalue weighted by molar-refractivity contribution is 6.00. The second-order valence-electron chi connectivity index (χ2n) is 7.46. The smallest absolute Gasteiger partial charge is 0.0723 e. The number of hydrogen-bond donors (Lipinski definition) is 1. The molecule has 1 unspecified atom stereocenters. The number of anilines is 1. The fraction of sp³-hybridized carbons (Fsp3) is 0.120. The van der Waals surface area contributed by atoms with Crippen LogP contribution in [0.3, 0.4) is 0 Å². The fourth-order valence-corrected chi connectivity index (χ4v) is 5.35. The Bertz CT molecular complexity index is 1150. The van der Waals surface area contributed by atoms with Crippen molar-refractivity contribution in [2.24, 2.45) is 0 Å². The predicted octanol–water partition coefficient (Wildman–Crippen LogP) is 5.70. The van der Waals surface area contributed by atoms with E-state index in [0.717, 1.165) is 18.5 Å². The van der Waals surface area contributed by atoms with E-state index in [1.165, 1.54) is 44.5 Å². The van der Waals surface area contributed by atoms with E-state index in [1.807, 2.05) is 6.07 Å². The van der Waals surface area contributed by atoms with E-state index >= 15 is 0 Å². The van der Waals surface area contributed by atoms with Gasteiger partial charge in [-0.2, -0.15) is 0 Å². The highest BCUT2D eigenvalue weighted by atomic mass is 14.6. The predicted molar refractivity (Wildman–Crippen MR) is 108 cm³/mol. The van der Waals surface area contributed by atoms with Crippen molar-refractivity contribution in [2.75, 3.05) is 5.73 Å². The van der Waals surface area contributed by atoms with Gasteiger partial charge in [0.2, 0.25) is 0 Å². The van der Waals surface area contributed by atoms with Crippen LogP contribution in [0.25, 0.3) is 16.7 Å². The van der Waals surface area contributed by atoms with Crippen LogP contribution in [0.15, 0.2) is 84.5 Å². The van der Waals surface area contributed by atoms with Gasteiger partial charge < -0.3 is 5.73 Å². The quantitative estimate of drug-likeness (QED) is 0.525. The van der Waals surface area contributed by atoms with Crippen molar-refractivity contribution in [1.29, 1.82) is 0 Å². The molecule has 1 atom stereocenters. The maximum Gasteiger partial charge on any atom is 0.0723 e. The lowest BCUT2D eigenvalue weighted by molar-refractivity contribution is 0.782.